The quantitative estimate of drug-likeness (QED) is 0.796. The Balaban J connectivity index is 1.87. The molecule has 2 aromatic carbocycles. The minimum atomic E-state index is -0.253. The Morgan fingerprint density at radius 3 is 2.70 bits per heavy atom. The number of anilines is 2. The molecule has 0 saturated heterocycles. The van der Waals surface area contributed by atoms with Crippen molar-refractivity contribution in [3.63, 3.8) is 0 Å². The number of fused-ring (bicyclic) bond motifs is 4. The molecule has 2 aromatic rings. The third-order valence-electron chi connectivity index (χ3n) is 5.17. The first kappa shape index (κ1) is 18.0. The van der Waals surface area contributed by atoms with Crippen LogP contribution in [0.25, 0.3) is 0 Å². The average molecular weight is 385 g/mol. The molecule has 0 bridgehead atoms. The lowest BCUT2D eigenvalue weighted by Crippen LogP contribution is -2.44. The van der Waals surface area contributed by atoms with Gasteiger partial charge in [-0.25, -0.2) is 0 Å². The third-order valence-corrected chi connectivity index (χ3v) is 5.31. The number of benzene rings is 2. The second kappa shape index (κ2) is 6.37. The first-order valence-corrected chi connectivity index (χ1v) is 9.53. The van der Waals surface area contributed by atoms with Crippen LogP contribution in [-0.2, 0) is 6.42 Å². The number of amides is 1. The number of ether oxygens (including phenoxy) is 1. The van der Waals surface area contributed by atoms with Crippen LogP contribution < -0.4 is 14.5 Å². The van der Waals surface area contributed by atoms with Crippen molar-refractivity contribution < 1.29 is 14.6 Å². The van der Waals surface area contributed by atoms with Gasteiger partial charge in [-0.05, 0) is 38.0 Å². The summed E-state index contributed by atoms with van der Waals surface area (Å²) in [7, 11) is 1.49. The van der Waals surface area contributed by atoms with Crippen molar-refractivity contribution in [3.05, 3.63) is 47.5 Å². The molecule has 0 radical (unpaired) electrons. The van der Waals surface area contributed by atoms with E-state index in [-0.39, 0.29) is 22.4 Å². The first-order chi connectivity index (χ1) is 12.8. The van der Waals surface area contributed by atoms with Crippen LogP contribution in [0.2, 0.25) is 0 Å². The molecular formula is C21H24N2O3S. The number of carbonyl (C=O) groups excluding carboxylic acids is 1. The van der Waals surface area contributed by atoms with Crippen molar-refractivity contribution >= 4 is 29.9 Å². The molecule has 1 N–H and O–H groups in total. The summed E-state index contributed by atoms with van der Waals surface area (Å²) < 4.78 is 5.01. The van der Waals surface area contributed by atoms with Gasteiger partial charge in [0.05, 0.1) is 24.4 Å². The summed E-state index contributed by atoms with van der Waals surface area (Å²) in [5.41, 5.74) is 3.43. The Morgan fingerprint density at radius 1 is 1.26 bits per heavy atom. The van der Waals surface area contributed by atoms with E-state index in [1.807, 2.05) is 36.9 Å². The molecule has 0 aromatic heterocycles. The number of phenols is 1. The van der Waals surface area contributed by atoms with Gasteiger partial charge in [0, 0.05) is 29.6 Å². The fraction of sp³-hybridized carbons (Fsp3) is 0.381. The Labute approximate surface area is 165 Å². The van der Waals surface area contributed by atoms with E-state index in [1.54, 1.807) is 12.1 Å². The number of nitrogens with zero attached hydrogens (tertiary/aromatic N) is 2. The molecule has 2 aliphatic heterocycles. The zero-order chi connectivity index (χ0) is 19.3. The highest BCUT2D eigenvalue weighted by atomic mass is 32.1. The molecule has 142 valence electrons. The second-order valence-electron chi connectivity index (χ2n) is 7.90. The van der Waals surface area contributed by atoms with Gasteiger partial charge >= 0.3 is 0 Å². The maximum atomic E-state index is 13.5. The molecule has 2 heterocycles. The van der Waals surface area contributed by atoms with E-state index in [0.717, 1.165) is 17.8 Å². The van der Waals surface area contributed by atoms with Gasteiger partial charge in [0.2, 0.25) is 0 Å². The lowest BCUT2D eigenvalue weighted by molar-refractivity contribution is 0.0983. The number of rotatable bonds is 3. The van der Waals surface area contributed by atoms with Gasteiger partial charge in [-0.2, -0.15) is 12.6 Å². The molecule has 0 fully saturated rings. The smallest absolute Gasteiger partial charge is 0.260 e. The molecule has 1 amide bonds. The Hall–Kier alpha value is -2.34. The number of aromatic hydroxyl groups is 1. The standard InChI is InChI=1S/C21H24N2O3S/c1-21(2,27)12-22-11-14-8-13-6-4-5-7-16(13)23(14)20(25)15-9-19(26-3)18(24)10-17(15)22/h4-7,9-10,14,24,27H,8,11-12H2,1-3H3/t14-/m0/s1. The van der Waals surface area contributed by atoms with Gasteiger partial charge in [-0.15, -0.1) is 0 Å². The maximum Gasteiger partial charge on any atom is 0.260 e. The summed E-state index contributed by atoms with van der Waals surface area (Å²) in [5.74, 6) is 0.282. The lowest BCUT2D eigenvalue weighted by atomic mass is 10.1. The molecule has 0 unspecified atom stereocenters. The van der Waals surface area contributed by atoms with Crippen LogP contribution in [0, 0.1) is 0 Å². The number of methoxy groups -OCH3 is 1. The summed E-state index contributed by atoms with van der Waals surface area (Å²) in [4.78, 5) is 17.6. The van der Waals surface area contributed by atoms with E-state index in [0.29, 0.717) is 24.4 Å². The summed E-state index contributed by atoms with van der Waals surface area (Å²) >= 11 is 4.70. The fourth-order valence-electron chi connectivity index (χ4n) is 4.13. The normalized spacial score (nSPS) is 18.7. The monoisotopic (exact) mass is 384 g/mol. The predicted molar refractivity (Wildman–Crippen MR) is 111 cm³/mol. The van der Waals surface area contributed by atoms with Gasteiger partial charge < -0.3 is 19.6 Å². The van der Waals surface area contributed by atoms with Crippen molar-refractivity contribution in [1.29, 1.82) is 0 Å². The number of phenolic OH excluding ortho intramolecular Hbond substituents is 1. The van der Waals surface area contributed by atoms with Crippen molar-refractivity contribution in [2.45, 2.75) is 31.1 Å². The van der Waals surface area contributed by atoms with Crippen molar-refractivity contribution in [3.8, 4) is 11.5 Å². The van der Waals surface area contributed by atoms with Gasteiger partial charge in [-0.3, -0.25) is 4.79 Å². The molecule has 1 atom stereocenters. The highest BCUT2D eigenvalue weighted by molar-refractivity contribution is 7.81. The van der Waals surface area contributed by atoms with Crippen LogP contribution in [0.15, 0.2) is 36.4 Å². The van der Waals surface area contributed by atoms with Crippen LogP contribution in [-0.4, -0.2) is 42.0 Å². The minimum absolute atomic E-state index is 0.0356. The number of para-hydroxylation sites is 1. The number of hydrogen-bond donors (Lipinski definition) is 2. The molecule has 5 nitrogen and oxygen atoms in total. The van der Waals surface area contributed by atoms with E-state index in [1.165, 1.54) is 12.7 Å². The minimum Gasteiger partial charge on any atom is -0.504 e. The second-order valence-corrected chi connectivity index (χ2v) is 9.11. The lowest BCUT2D eigenvalue weighted by Gasteiger charge is -2.33. The van der Waals surface area contributed by atoms with Crippen LogP contribution in [0.3, 0.4) is 0 Å². The summed E-state index contributed by atoms with van der Waals surface area (Å²) in [6, 6.07) is 11.4. The molecule has 0 saturated carbocycles. The SMILES string of the molecule is COc1cc2c(cc1O)N(CC(C)(C)S)C[C@@H]1Cc3ccccc3N1C2=O. The third kappa shape index (κ3) is 3.12. The number of carbonyl (C=O) groups is 1. The van der Waals surface area contributed by atoms with Crippen molar-refractivity contribution in [2.75, 3.05) is 30.0 Å². The summed E-state index contributed by atoms with van der Waals surface area (Å²) in [6.45, 7) is 5.44. The predicted octanol–water partition coefficient (Wildman–Crippen LogP) is 3.50. The molecule has 6 heteroatoms. The van der Waals surface area contributed by atoms with Gasteiger partial charge in [0.25, 0.3) is 5.91 Å². The largest absolute Gasteiger partial charge is 0.504 e. The summed E-state index contributed by atoms with van der Waals surface area (Å²) in [5, 5.41) is 10.3. The van der Waals surface area contributed by atoms with Crippen LogP contribution in [0.1, 0.15) is 29.8 Å². The molecular weight excluding hydrogens is 360 g/mol. The number of hydrogen-bond acceptors (Lipinski definition) is 5. The molecule has 4 rings (SSSR count). The van der Waals surface area contributed by atoms with E-state index in [9.17, 15) is 9.90 Å². The van der Waals surface area contributed by atoms with Gasteiger partial charge in [0.1, 0.15) is 0 Å². The van der Waals surface area contributed by atoms with Crippen LogP contribution >= 0.6 is 12.6 Å². The highest BCUT2D eigenvalue weighted by Gasteiger charge is 2.40. The number of thiol groups is 1. The molecule has 0 aliphatic carbocycles. The first-order valence-electron chi connectivity index (χ1n) is 9.08. The van der Waals surface area contributed by atoms with Crippen LogP contribution in [0.5, 0.6) is 11.5 Å². The summed E-state index contributed by atoms with van der Waals surface area (Å²) in [6.07, 6.45) is 0.822. The topological polar surface area (TPSA) is 53.0 Å². The molecule has 27 heavy (non-hydrogen) atoms. The van der Waals surface area contributed by atoms with E-state index >= 15 is 0 Å². The van der Waals surface area contributed by atoms with E-state index in [4.69, 9.17) is 17.4 Å². The molecule has 0 spiro atoms. The van der Waals surface area contributed by atoms with E-state index < -0.39 is 0 Å². The van der Waals surface area contributed by atoms with Crippen molar-refractivity contribution in [1.82, 2.24) is 0 Å². The van der Waals surface area contributed by atoms with Gasteiger partial charge in [-0.1, -0.05) is 18.2 Å². The molecule has 2 aliphatic rings. The van der Waals surface area contributed by atoms with Crippen LogP contribution in [0.4, 0.5) is 11.4 Å². The Kier molecular flexibility index (Phi) is 4.26. The zero-order valence-electron chi connectivity index (χ0n) is 15.8. The average Bonchev–Trinajstić information content (AvgIpc) is 2.92. The zero-order valence-corrected chi connectivity index (χ0v) is 16.7. The Bertz CT molecular complexity index is 907. The van der Waals surface area contributed by atoms with Gasteiger partial charge in [0.15, 0.2) is 11.5 Å². The van der Waals surface area contributed by atoms with Crippen molar-refractivity contribution in [2.24, 2.45) is 0 Å². The van der Waals surface area contributed by atoms with E-state index in [2.05, 4.69) is 11.0 Å². The highest BCUT2D eigenvalue weighted by Crippen LogP contribution is 2.42. The maximum absolute atomic E-state index is 13.5. The Morgan fingerprint density at radius 2 is 2.00 bits per heavy atom. The fourth-order valence-corrected chi connectivity index (χ4v) is 4.31.